The van der Waals surface area contributed by atoms with E-state index in [4.69, 9.17) is 0 Å². The van der Waals surface area contributed by atoms with Crippen LogP contribution >= 0.6 is 0 Å². The Bertz CT molecular complexity index is 608. The number of piperidine rings is 2. The van der Waals surface area contributed by atoms with Crippen molar-refractivity contribution in [3.05, 3.63) is 22.7 Å². The summed E-state index contributed by atoms with van der Waals surface area (Å²) in [7, 11) is 0. The maximum atomic E-state index is 12.4. The highest BCUT2D eigenvalue weighted by Gasteiger charge is 2.29. The van der Waals surface area contributed by atoms with Crippen LogP contribution in [0.5, 0.6) is 0 Å². The van der Waals surface area contributed by atoms with Gasteiger partial charge in [-0.25, -0.2) is 4.98 Å². The van der Waals surface area contributed by atoms with E-state index in [9.17, 15) is 4.79 Å². The molecule has 3 heterocycles. The molecule has 2 saturated heterocycles. The van der Waals surface area contributed by atoms with Crippen molar-refractivity contribution in [2.75, 3.05) is 37.6 Å². The Morgan fingerprint density at radius 1 is 1.16 bits per heavy atom. The molecule has 0 unspecified atom stereocenters. The Morgan fingerprint density at radius 2 is 1.92 bits per heavy atom. The molecule has 2 fully saturated rings. The summed E-state index contributed by atoms with van der Waals surface area (Å²) in [4.78, 5) is 21.5. The lowest BCUT2D eigenvalue weighted by Crippen LogP contribution is -2.53. The second-order valence-corrected chi connectivity index (χ2v) is 7.54. The molecule has 6 nitrogen and oxygen atoms in total. The smallest absolute Gasteiger partial charge is 0.293 e. The van der Waals surface area contributed by atoms with Crippen LogP contribution in [0, 0.1) is 5.92 Å². The summed E-state index contributed by atoms with van der Waals surface area (Å²) in [6.45, 7) is 12.7. The quantitative estimate of drug-likeness (QED) is 0.876. The SMILES string of the molecule is CCN1CC[C@H](NC2CCN(c3nccn(CC)c3=O)CC2)[C@@H](C)C1. The number of hydrogen-bond donors (Lipinski definition) is 1. The van der Waals surface area contributed by atoms with Gasteiger partial charge in [-0.1, -0.05) is 13.8 Å². The molecule has 2 aliphatic rings. The summed E-state index contributed by atoms with van der Waals surface area (Å²) < 4.78 is 1.73. The average Bonchev–Trinajstić information content (AvgIpc) is 2.64. The molecule has 3 rings (SSSR count). The van der Waals surface area contributed by atoms with Crippen molar-refractivity contribution in [2.45, 2.75) is 58.7 Å². The molecule has 0 saturated carbocycles. The van der Waals surface area contributed by atoms with E-state index in [1.165, 1.54) is 19.5 Å². The highest BCUT2D eigenvalue weighted by Crippen LogP contribution is 2.20. The predicted octanol–water partition coefficient (Wildman–Crippen LogP) is 1.55. The molecule has 1 aromatic rings. The van der Waals surface area contributed by atoms with Crippen LogP contribution in [0.3, 0.4) is 0 Å². The van der Waals surface area contributed by atoms with Gasteiger partial charge in [-0.15, -0.1) is 0 Å². The number of rotatable bonds is 5. The molecule has 2 atom stereocenters. The fourth-order valence-electron chi connectivity index (χ4n) is 4.23. The third kappa shape index (κ3) is 4.23. The second-order valence-electron chi connectivity index (χ2n) is 7.54. The van der Waals surface area contributed by atoms with Crippen LogP contribution in [0.15, 0.2) is 17.2 Å². The van der Waals surface area contributed by atoms with Crippen LogP contribution < -0.4 is 15.8 Å². The Hall–Kier alpha value is -1.40. The lowest BCUT2D eigenvalue weighted by atomic mass is 9.92. The predicted molar refractivity (Wildman–Crippen MR) is 102 cm³/mol. The maximum absolute atomic E-state index is 12.4. The highest BCUT2D eigenvalue weighted by molar-refractivity contribution is 5.36. The molecule has 0 radical (unpaired) electrons. The molecule has 1 N–H and O–H groups in total. The lowest BCUT2D eigenvalue weighted by Gasteiger charge is -2.41. The molecule has 0 spiro atoms. The van der Waals surface area contributed by atoms with Gasteiger partial charge in [-0.2, -0.15) is 0 Å². The molecule has 0 aliphatic carbocycles. The molecule has 0 amide bonds. The minimum Gasteiger partial charge on any atom is -0.352 e. The summed E-state index contributed by atoms with van der Waals surface area (Å²) in [5.41, 5.74) is 0.0389. The van der Waals surface area contributed by atoms with E-state index in [-0.39, 0.29) is 5.56 Å². The minimum atomic E-state index is 0.0389. The second kappa shape index (κ2) is 8.32. The molecule has 6 heteroatoms. The maximum Gasteiger partial charge on any atom is 0.293 e. The van der Waals surface area contributed by atoms with Crippen molar-refractivity contribution in [3.63, 3.8) is 0 Å². The zero-order chi connectivity index (χ0) is 17.8. The van der Waals surface area contributed by atoms with Gasteiger partial charge in [0.15, 0.2) is 5.82 Å². The zero-order valence-corrected chi connectivity index (χ0v) is 15.9. The summed E-state index contributed by atoms with van der Waals surface area (Å²) in [5, 5.41) is 3.90. The van der Waals surface area contributed by atoms with Crippen LogP contribution in [0.25, 0.3) is 0 Å². The van der Waals surface area contributed by atoms with Crippen molar-refractivity contribution in [2.24, 2.45) is 5.92 Å². The van der Waals surface area contributed by atoms with Gasteiger partial charge in [0.2, 0.25) is 0 Å². The lowest BCUT2D eigenvalue weighted by molar-refractivity contribution is 0.142. The Balaban J connectivity index is 1.53. The summed E-state index contributed by atoms with van der Waals surface area (Å²) >= 11 is 0. The van der Waals surface area contributed by atoms with Crippen molar-refractivity contribution in [1.29, 1.82) is 0 Å². The van der Waals surface area contributed by atoms with E-state index in [0.717, 1.165) is 32.5 Å². The number of aryl methyl sites for hydroxylation is 1. The topological polar surface area (TPSA) is 53.4 Å². The van der Waals surface area contributed by atoms with Gasteiger partial charge in [0.25, 0.3) is 5.56 Å². The van der Waals surface area contributed by atoms with E-state index in [2.05, 4.69) is 33.9 Å². The molecule has 0 bridgehead atoms. The standard InChI is InChI=1S/C19H33N5O/c1-4-22-10-8-17(15(3)14-22)21-16-6-11-24(12-7-16)18-19(25)23(5-2)13-9-20-18/h9,13,15-17,21H,4-8,10-12,14H2,1-3H3/t15-,17-/m0/s1. The Morgan fingerprint density at radius 3 is 2.56 bits per heavy atom. The summed E-state index contributed by atoms with van der Waals surface area (Å²) in [6.07, 6.45) is 6.93. The molecule has 140 valence electrons. The van der Waals surface area contributed by atoms with Crippen LogP contribution in [-0.2, 0) is 6.54 Å². The fourth-order valence-corrected chi connectivity index (χ4v) is 4.23. The number of nitrogens with one attached hydrogen (secondary N) is 1. The Labute approximate surface area is 151 Å². The van der Waals surface area contributed by atoms with Gasteiger partial charge < -0.3 is 19.7 Å². The van der Waals surface area contributed by atoms with Crippen LogP contribution in [0.2, 0.25) is 0 Å². The van der Waals surface area contributed by atoms with E-state index in [0.29, 0.717) is 30.4 Å². The first-order valence-electron chi connectivity index (χ1n) is 9.91. The third-order valence-electron chi connectivity index (χ3n) is 5.92. The number of likely N-dealkylation sites (tertiary alicyclic amines) is 1. The highest BCUT2D eigenvalue weighted by atomic mass is 16.1. The average molecular weight is 348 g/mol. The van der Waals surface area contributed by atoms with Crippen LogP contribution in [0.1, 0.15) is 40.0 Å². The van der Waals surface area contributed by atoms with E-state index >= 15 is 0 Å². The van der Waals surface area contributed by atoms with E-state index in [1.54, 1.807) is 17.0 Å². The molecule has 25 heavy (non-hydrogen) atoms. The largest absolute Gasteiger partial charge is 0.352 e. The minimum absolute atomic E-state index is 0.0389. The first-order valence-corrected chi connectivity index (χ1v) is 9.91. The van der Waals surface area contributed by atoms with Gasteiger partial charge in [0, 0.05) is 50.7 Å². The molecular formula is C19H33N5O. The number of anilines is 1. The van der Waals surface area contributed by atoms with Crippen molar-refractivity contribution >= 4 is 5.82 Å². The van der Waals surface area contributed by atoms with Crippen molar-refractivity contribution in [3.8, 4) is 0 Å². The Kier molecular flexibility index (Phi) is 6.12. The van der Waals surface area contributed by atoms with Crippen molar-refractivity contribution < 1.29 is 0 Å². The molecular weight excluding hydrogens is 314 g/mol. The van der Waals surface area contributed by atoms with E-state index < -0.39 is 0 Å². The normalized spacial score (nSPS) is 26.1. The van der Waals surface area contributed by atoms with E-state index in [1.807, 2.05) is 6.92 Å². The number of hydrogen-bond acceptors (Lipinski definition) is 5. The summed E-state index contributed by atoms with van der Waals surface area (Å²) in [6, 6.07) is 1.19. The van der Waals surface area contributed by atoms with Gasteiger partial charge in [-0.05, 0) is 45.2 Å². The van der Waals surface area contributed by atoms with Crippen LogP contribution in [0.4, 0.5) is 5.82 Å². The fraction of sp³-hybridized carbons (Fsp3) is 0.789. The van der Waals surface area contributed by atoms with Gasteiger partial charge in [0.05, 0.1) is 0 Å². The number of nitrogens with zero attached hydrogens (tertiary/aromatic N) is 4. The first-order chi connectivity index (χ1) is 12.1. The van der Waals surface area contributed by atoms with Crippen LogP contribution in [-0.4, -0.2) is 59.3 Å². The molecule has 0 aromatic carbocycles. The zero-order valence-electron chi connectivity index (χ0n) is 15.9. The number of aromatic nitrogens is 2. The third-order valence-corrected chi connectivity index (χ3v) is 5.92. The molecule has 2 aliphatic heterocycles. The first kappa shape index (κ1) is 18.4. The molecule has 1 aromatic heterocycles. The van der Waals surface area contributed by atoms with Gasteiger partial charge in [0.1, 0.15) is 0 Å². The van der Waals surface area contributed by atoms with Gasteiger partial charge in [-0.3, -0.25) is 4.79 Å². The van der Waals surface area contributed by atoms with Crippen molar-refractivity contribution in [1.82, 2.24) is 19.8 Å². The summed E-state index contributed by atoms with van der Waals surface area (Å²) in [5.74, 6) is 1.33. The monoisotopic (exact) mass is 347 g/mol. The van der Waals surface area contributed by atoms with Gasteiger partial charge >= 0.3 is 0 Å².